The van der Waals surface area contributed by atoms with Crippen molar-refractivity contribution >= 4 is 46.0 Å². The van der Waals surface area contributed by atoms with E-state index in [1.807, 2.05) is 25.1 Å². The fraction of sp³-hybridized carbons (Fsp3) is 0.222. The molecule has 2 aromatic heterocycles. The molecule has 0 radical (unpaired) electrons. The van der Waals surface area contributed by atoms with Crippen molar-refractivity contribution in [3.05, 3.63) is 48.3 Å². The number of carbonyl (C=O) groups is 1. The fourth-order valence-electron chi connectivity index (χ4n) is 2.21. The van der Waals surface area contributed by atoms with Gasteiger partial charge in [-0.25, -0.2) is 19.7 Å². The Labute approximate surface area is 160 Å². The minimum Gasteiger partial charge on any atom is -0.446 e. The van der Waals surface area contributed by atoms with Crippen molar-refractivity contribution in [2.45, 2.75) is 18.2 Å². The molecule has 3 rings (SSSR count). The molecule has 0 aliphatic carbocycles. The Hall–Kier alpha value is -2.44. The quantitative estimate of drug-likeness (QED) is 0.650. The van der Waals surface area contributed by atoms with E-state index in [9.17, 15) is 4.79 Å². The van der Waals surface area contributed by atoms with Gasteiger partial charge in [-0.2, -0.15) is 0 Å². The first kappa shape index (κ1) is 18.4. The number of aromatic nitrogens is 3. The van der Waals surface area contributed by atoms with Crippen molar-refractivity contribution < 1.29 is 9.53 Å². The molecular formula is C18H16Cl2N4O2. The second-order valence-electron chi connectivity index (χ2n) is 5.96. The molecule has 0 spiro atoms. The first-order valence-electron chi connectivity index (χ1n) is 7.82. The minimum absolute atomic E-state index is 0.135. The second kappa shape index (κ2) is 7.43. The van der Waals surface area contributed by atoms with Crippen LogP contribution in [-0.4, -0.2) is 32.0 Å². The van der Waals surface area contributed by atoms with E-state index in [4.69, 9.17) is 27.9 Å². The third-order valence-electron chi connectivity index (χ3n) is 3.45. The zero-order chi connectivity index (χ0) is 18.7. The highest BCUT2D eigenvalue weighted by Crippen LogP contribution is 2.21. The van der Waals surface area contributed by atoms with Gasteiger partial charge in [0.05, 0.1) is 5.52 Å². The lowest BCUT2D eigenvalue weighted by molar-refractivity contribution is 0.159. The summed E-state index contributed by atoms with van der Waals surface area (Å²) >= 11 is 11.5. The number of hydrogen-bond acceptors (Lipinski definition) is 5. The van der Waals surface area contributed by atoms with Crippen LogP contribution in [-0.2, 0) is 4.74 Å². The average Bonchev–Trinajstić information content (AvgIpc) is 2.59. The van der Waals surface area contributed by atoms with Crippen LogP contribution in [0.25, 0.3) is 22.3 Å². The number of rotatable bonds is 4. The van der Waals surface area contributed by atoms with E-state index in [0.717, 1.165) is 22.0 Å². The Bertz CT molecular complexity index is 940. The van der Waals surface area contributed by atoms with E-state index in [1.165, 1.54) is 6.92 Å². The SMILES string of the molecule is Cc1ccc2cnc(-c3ccc(NC(=O)OCC(C)(Cl)Cl)nc3)nc2c1. The van der Waals surface area contributed by atoms with Gasteiger partial charge in [-0.1, -0.05) is 35.3 Å². The van der Waals surface area contributed by atoms with Crippen LogP contribution in [0.15, 0.2) is 42.7 Å². The Morgan fingerprint density at radius 2 is 2.00 bits per heavy atom. The molecule has 0 saturated heterocycles. The number of anilines is 1. The Morgan fingerprint density at radius 3 is 2.69 bits per heavy atom. The molecule has 134 valence electrons. The molecule has 1 N–H and O–H groups in total. The lowest BCUT2D eigenvalue weighted by atomic mass is 10.1. The largest absolute Gasteiger partial charge is 0.446 e. The van der Waals surface area contributed by atoms with Crippen LogP contribution in [0, 0.1) is 6.92 Å². The molecule has 0 aliphatic heterocycles. The maximum Gasteiger partial charge on any atom is 0.412 e. The first-order valence-corrected chi connectivity index (χ1v) is 8.57. The number of amides is 1. The van der Waals surface area contributed by atoms with Gasteiger partial charge in [0.25, 0.3) is 0 Å². The third-order valence-corrected chi connectivity index (χ3v) is 3.66. The van der Waals surface area contributed by atoms with Crippen LogP contribution in [0.1, 0.15) is 12.5 Å². The van der Waals surface area contributed by atoms with Crippen molar-refractivity contribution in [1.82, 2.24) is 15.0 Å². The summed E-state index contributed by atoms with van der Waals surface area (Å²) in [5, 5.41) is 3.47. The standard InChI is InChI=1S/C18H16Cl2N4O2/c1-11-3-4-12-8-22-16(23-14(12)7-11)13-5-6-15(21-9-13)24-17(25)26-10-18(2,19)20/h3-9H,10H2,1-2H3,(H,21,24,25). The lowest BCUT2D eigenvalue weighted by Crippen LogP contribution is -2.23. The van der Waals surface area contributed by atoms with Crippen LogP contribution in [0.3, 0.4) is 0 Å². The van der Waals surface area contributed by atoms with Crippen LogP contribution >= 0.6 is 23.2 Å². The van der Waals surface area contributed by atoms with Gasteiger partial charge in [0.15, 0.2) is 5.82 Å². The summed E-state index contributed by atoms with van der Waals surface area (Å²) in [5.41, 5.74) is 2.73. The second-order valence-corrected chi connectivity index (χ2v) is 7.82. The molecule has 0 fully saturated rings. The Balaban J connectivity index is 1.72. The van der Waals surface area contributed by atoms with Gasteiger partial charge in [-0.3, -0.25) is 5.32 Å². The zero-order valence-corrected chi connectivity index (χ0v) is 15.7. The first-order chi connectivity index (χ1) is 12.3. The predicted molar refractivity (Wildman–Crippen MR) is 103 cm³/mol. The summed E-state index contributed by atoms with van der Waals surface area (Å²) in [6.45, 7) is 3.41. The van der Waals surface area contributed by atoms with Crippen molar-refractivity contribution in [2.75, 3.05) is 11.9 Å². The summed E-state index contributed by atoms with van der Waals surface area (Å²) in [4.78, 5) is 24.8. The molecule has 0 aliphatic rings. The molecule has 2 heterocycles. The lowest BCUT2D eigenvalue weighted by Gasteiger charge is -2.13. The molecule has 0 saturated carbocycles. The maximum absolute atomic E-state index is 11.7. The van der Waals surface area contributed by atoms with Crippen LogP contribution in [0.2, 0.25) is 0 Å². The molecule has 26 heavy (non-hydrogen) atoms. The summed E-state index contributed by atoms with van der Waals surface area (Å²) < 4.78 is 3.77. The predicted octanol–water partition coefficient (Wildman–Crippen LogP) is 4.74. The highest BCUT2D eigenvalue weighted by molar-refractivity contribution is 6.48. The van der Waals surface area contributed by atoms with Crippen LogP contribution in [0.4, 0.5) is 10.6 Å². The highest BCUT2D eigenvalue weighted by atomic mass is 35.5. The smallest absolute Gasteiger partial charge is 0.412 e. The summed E-state index contributed by atoms with van der Waals surface area (Å²) in [5.74, 6) is 0.894. The van der Waals surface area contributed by atoms with Crippen LogP contribution < -0.4 is 5.32 Å². The fourth-order valence-corrected chi connectivity index (χ4v) is 2.31. The zero-order valence-electron chi connectivity index (χ0n) is 14.2. The molecule has 8 heteroatoms. The Morgan fingerprint density at radius 1 is 1.19 bits per heavy atom. The van der Waals surface area contributed by atoms with E-state index in [2.05, 4.69) is 20.3 Å². The average molecular weight is 391 g/mol. The van der Waals surface area contributed by atoms with E-state index >= 15 is 0 Å². The van der Waals surface area contributed by atoms with Gasteiger partial charge >= 0.3 is 6.09 Å². The topological polar surface area (TPSA) is 77.0 Å². The van der Waals surface area contributed by atoms with Gasteiger partial charge in [0.2, 0.25) is 0 Å². The van der Waals surface area contributed by atoms with Crippen molar-refractivity contribution in [1.29, 1.82) is 0 Å². The van der Waals surface area contributed by atoms with Crippen molar-refractivity contribution in [3.63, 3.8) is 0 Å². The summed E-state index contributed by atoms with van der Waals surface area (Å²) in [7, 11) is 0. The molecule has 0 bridgehead atoms. The highest BCUT2D eigenvalue weighted by Gasteiger charge is 2.19. The monoisotopic (exact) mass is 390 g/mol. The van der Waals surface area contributed by atoms with E-state index in [1.54, 1.807) is 24.5 Å². The van der Waals surface area contributed by atoms with Crippen LogP contribution in [0.5, 0.6) is 0 Å². The number of halogens is 2. The van der Waals surface area contributed by atoms with Gasteiger partial charge in [0, 0.05) is 23.3 Å². The number of aryl methyl sites for hydroxylation is 1. The third kappa shape index (κ3) is 4.80. The minimum atomic E-state index is -1.14. The number of benzene rings is 1. The molecule has 1 aromatic carbocycles. The maximum atomic E-state index is 11.7. The number of nitrogens with zero attached hydrogens (tertiary/aromatic N) is 3. The van der Waals surface area contributed by atoms with E-state index < -0.39 is 10.4 Å². The number of carbonyl (C=O) groups excluding carboxylic acids is 1. The van der Waals surface area contributed by atoms with E-state index in [0.29, 0.717) is 11.6 Å². The van der Waals surface area contributed by atoms with Crippen molar-refractivity contribution in [3.8, 4) is 11.4 Å². The number of fused-ring (bicyclic) bond motifs is 1. The molecule has 0 atom stereocenters. The molecular weight excluding hydrogens is 375 g/mol. The number of alkyl halides is 2. The molecule has 1 amide bonds. The molecule has 3 aromatic rings. The number of ether oxygens (including phenoxy) is 1. The number of pyridine rings is 1. The van der Waals surface area contributed by atoms with Crippen molar-refractivity contribution in [2.24, 2.45) is 0 Å². The van der Waals surface area contributed by atoms with Gasteiger partial charge in [-0.15, -0.1) is 0 Å². The number of hydrogen-bond donors (Lipinski definition) is 1. The summed E-state index contributed by atoms with van der Waals surface area (Å²) in [6.07, 6.45) is 2.67. The number of nitrogens with one attached hydrogen (secondary N) is 1. The molecule has 6 nitrogen and oxygen atoms in total. The van der Waals surface area contributed by atoms with Gasteiger partial charge < -0.3 is 4.74 Å². The molecule has 0 unspecified atom stereocenters. The van der Waals surface area contributed by atoms with Gasteiger partial charge in [-0.05, 0) is 37.6 Å². The Kier molecular flexibility index (Phi) is 5.25. The van der Waals surface area contributed by atoms with E-state index in [-0.39, 0.29) is 6.61 Å². The summed E-state index contributed by atoms with van der Waals surface area (Å²) in [6, 6.07) is 9.41. The normalized spacial score (nSPS) is 11.4. The van der Waals surface area contributed by atoms with Gasteiger partial charge in [0.1, 0.15) is 16.8 Å².